The summed E-state index contributed by atoms with van der Waals surface area (Å²) in [6.45, 7) is 2.06. The monoisotopic (exact) mass is 245 g/mol. The van der Waals surface area contributed by atoms with Crippen molar-refractivity contribution in [3.05, 3.63) is 50.6 Å². The fourth-order valence-corrected chi connectivity index (χ4v) is 3.50. The molecule has 0 radical (unpaired) electrons. The van der Waals surface area contributed by atoms with E-state index in [-0.39, 0.29) is 5.56 Å². The summed E-state index contributed by atoms with van der Waals surface area (Å²) in [5, 5.41) is 0. The number of aromatic nitrogens is 1. The zero-order chi connectivity index (χ0) is 11.8. The minimum atomic E-state index is 0.202. The summed E-state index contributed by atoms with van der Waals surface area (Å²) in [6.07, 6.45) is 4.42. The standard InChI is InChI=1S/C14H15NOS/c1-10-6-8-11(9-7-10)15-14(16)12-4-2-3-5-13(12)17-15/h6-9H,2-5H2,1H3. The van der Waals surface area contributed by atoms with E-state index in [9.17, 15) is 4.79 Å². The smallest absolute Gasteiger partial charge is 0.268 e. The molecule has 1 heterocycles. The molecule has 88 valence electrons. The first-order valence-electron chi connectivity index (χ1n) is 6.07. The minimum Gasteiger partial charge on any atom is -0.268 e. The summed E-state index contributed by atoms with van der Waals surface area (Å²) < 4.78 is 1.84. The highest BCUT2D eigenvalue weighted by molar-refractivity contribution is 7.07. The van der Waals surface area contributed by atoms with E-state index in [4.69, 9.17) is 0 Å². The molecule has 3 rings (SSSR count). The van der Waals surface area contributed by atoms with Gasteiger partial charge in [0.25, 0.3) is 5.56 Å². The Balaban J connectivity index is 2.12. The molecule has 0 spiro atoms. The van der Waals surface area contributed by atoms with Crippen LogP contribution in [0.3, 0.4) is 0 Å². The van der Waals surface area contributed by atoms with Crippen LogP contribution in [0.1, 0.15) is 28.8 Å². The molecule has 0 amide bonds. The normalized spacial score (nSPS) is 14.6. The Morgan fingerprint density at radius 3 is 2.53 bits per heavy atom. The molecular formula is C14H15NOS. The van der Waals surface area contributed by atoms with E-state index in [0.29, 0.717) is 0 Å². The number of nitrogens with zero attached hydrogens (tertiary/aromatic N) is 1. The molecule has 1 aliphatic rings. The van der Waals surface area contributed by atoms with Crippen molar-refractivity contribution in [3.8, 4) is 5.69 Å². The Bertz CT molecular complexity index is 592. The maximum Gasteiger partial charge on any atom is 0.268 e. The van der Waals surface area contributed by atoms with Crippen molar-refractivity contribution in [3.63, 3.8) is 0 Å². The molecule has 1 aliphatic carbocycles. The maximum atomic E-state index is 12.3. The lowest BCUT2D eigenvalue weighted by molar-refractivity contribution is 0.692. The van der Waals surface area contributed by atoms with E-state index >= 15 is 0 Å². The molecule has 0 saturated heterocycles. The van der Waals surface area contributed by atoms with Gasteiger partial charge >= 0.3 is 0 Å². The summed E-state index contributed by atoms with van der Waals surface area (Å²) >= 11 is 1.63. The molecule has 0 fully saturated rings. The number of hydrogen-bond donors (Lipinski definition) is 0. The van der Waals surface area contributed by atoms with Crippen LogP contribution in [-0.4, -0.2) is 3.96 Å². The first-order chi connectivity index (χ1) is 8.25. The first-order valence-corrected chi connectivity index (χ1v) is 6.84. The van der Waals surface area contributed by atoms with Gasteiger partial charge in [-0.2, -0.15) is 0 Å². The van der Waals surface area contributed by atoms with Gasteiger partial charge in [0, 0.05) is 10.4 Å². The second-order valence-corrected chi connectivity index (χ2v) is 5.68. The van der Waals surface area contributed by atoms with Crippen LogP contribution in [0.5, 0.6) is 0 Å². The highest BCUT2D eigenvalue weighted by atomic mass is 32.1. The highest BCUT2D eigenvalue weighted by Crippen LogP contribution is 2.24. The van der Waals surface area contributed by atoms with Gasteiger partial charge in [0.2, 0.25) is 0 Å². The third-order valence-electron chi connectivity index (χ3n) is 3.33. The molecule has 0 unspecified atom stereocenters. The van der Waals surface area contributed by atoms with Gasteiger partial charge in [-0.1, -0.05) is 29.2 Å². The Morgan fingerprint density at radius 1 is 1.12 bits per heavy atom. The number of fused-ring (bicyclic) bond motifs is 1. The largest absolute Gasteiger partial charge is 0.268 e. The van der Waals surface area contributed by atoms with Gasteiger partial charge < -0.3 is 0 Å². The van der Waals surface area contributed by atoms with E-state index in [0.717, 1.165) is 30.5 Å². The lowest BCUT2D eigenvalue weighted by Crippen LogP contribution is -2.16. The average Bonchev–Trinajstić information content (AvgIpc) is 2.69. The van der Waals surface area contributed by atoms with E-state index in [1.165, 1.54) is 16.9 Å². The summed E-state index contributed by atoms with van der Waals surface area (Å²) in [6, 6.07) is 8.17. The number of rotatable bonds is 1. The predicted octanol–water partition coefficient (Wildman–Crippen LogP) is 3.09. The number of benzene rings is 1. The van der Waals surface area contributed by atoms with Crippen molar-refractivity contribution in [1.29, 1.82) is 0 Å². The predicted molar refractivity (Wildman–Crippen MR) is 71.3 cm³/mol. The van der Waals surface area contributed by atoms with Crippen LogP contribution in [-0.2, 0) is 12.8 Å². The highest BCUT2D eigenvalue weighted by Gasteiger charge is 2.18. The van der Waals surface area contributed by atoms with Crippen molar-refractivity contribution < 1.29 is 0 Å². The average molecular weight is 245 g/mol. The lowest BCUT2D eigenvalue weighted by Gasteiger charge is -2.06. The molecule has 0 atom stereocenters. The third-order valence-corrected chi connectivity index (χ3v) is 4.56. The number of aryl methyl sites for hydroxylation is 2. The molecule has 1 aromatic heterocycles. The molecule has 0 bridgehead atoms. The van der Waals surface area contributed by atoms with Crippen molar-refractivity contribution in [1.82, 2.24) is 3.96 Å². The van der Waals surface area contributed by atoms with Gasteiger partial charge in [0.05, 0.1) is 5.69 Å². The van der Waals surface area contributed by atoms with E-state index < -0.39 is 0 Å². The molecule has 1 aromatic carbocycles. The minimum absolute atomic E-state index is 0.202. The SMILES string of the molecule is Cc1ccc(-n2sc3c(c2=O)CCCC3)cc1. The van der Waals surface area contributed by atoms with Crippen LogP contribution in [0.25, 0.3) is 5.69 Å². The van der Waals surface area contributed by atoms with Crippen LogP contribution in [0, 0.1) is 6.92 Å². The van der Waals surface area contributed by atoms with E-state index in [2.05, 4.69) is 19.1 Å². The maximum absolute atomic E-state index is 12.3. The van der Waals surface area contributed by atoms with Crippen molar-refractivity contribution in [2.24, 2.45) is 0 Å². The van der Waals surface area contributed by atoms with E-state index in [1.807, 2.05) is 16.1 Å². The summed E-state index contributed by atoms with van der Waals surface area (Å²) in [5.41, 5.74) is 3.48. The molecule has 2 nitrogen and oxygen atoms in total. The van der Waals surface area contributed by atoms with Gasteiger partial charge in [0.15, 0.2) is 0 Å². The van der Waals surface area contributed by atoms with Gasteiger partial charge in [-0.25, -0.2) is 3.96 Å². The second-order valence-electron chi connectivity index (χ2n) is 4.64. The third kappa shape index (κ3) is 1.84. The Morgan fingerprint density at radius 2 is 1.82 bits per heavy atom. The summed E-state index contributed by atoms with van der Waals surface area (Å²) in [5.74, 6) is 0. The second kappa shape index (κ2) is 4.15. The quantitative estimate of drug-likeness (QED) is 0.756. The zero-order valence-electron chi connectivity index (χ0n) is 9.90. The van der Waals surface area contributed by atoms with Crippen LogP contribution < -0.4 is 5.56 Å². The Labute approximate surface area is 105 Å². The summed E-state index contributed by atoms with van der Waals surface area (Å²) in [4.78, 5) is 13.6. The molecule has 2 aromatic rings. The number of hydrogen-bond acceptors (Lipinski definition) is 2. The van der Waals surface area contributed by atoms with Crippen molar-refractivity contribution in [2.75, 3.05) is 0 Å². The van der Waals surface area contributed by atoms with Crippen LogP contribution in [0.2, 0.25) is 0 Å². The topological polar surface area (TPSA) is 22.0 Å². The molecule has 0 aliphatic heterocycles. The Hall–Kier alpha value is -1.35. The summed E-state index contributed by atoms with van der Waals surface area (Å²) in [7, 11) is 0. The Kier molecular flexibility index (Phi) is 2.63. The lowest BCUT2D eigenvalue weighted by atomic mass is 10.00. The van der Waals surface area contributed by atoms with Gasteiger partial charge in [-0.05, 0) is 44.7 Å². The first kappa shape index (κ1) is 10.8. The molecule has 3 heteroatoms. The van der Waals surface area contributed by atoms with E-state index in [1.54, 1.807) is 11.5 Å². The van der Waals surface area contributed by atoms with Crippen molar-refractivity contribution >= 4 is 11.5 Å². The van der Waals surface area contributed by atoms with Gasteiger partial charge in [-0.3, -0.25) is 4.79 Å². The van der Waals surface area contributed by atoms with Gasteiger partial charge in [-0.15, -0.1) is 0 Å². The van der Waals surface area contributed by atoms with Crippen molar-refractivity contribution in [2.45, 2.75) is 32.6 Å². The van der Waals surface area contributed by atoms with Crippen LogP contribution in [0.15, 0.2) is 29.1 Å². The van der Waals surface area contributed by atoms with Crippen LogP contribution in [0.4, 0.5) is 0 Å². The van der Waals surface area contributed by atoms with Crippen LogP contribution >= 0.6 is 11.5 Å². The molecular weight excluding hydrogens is 230 g/mol. The zero-order valence-corrected chi connectivity index (χ0v) is 10.7. The fourth-order valence-electron chi connectivity index (χ4n) is 2.33. The molecule has 0 N–H and O–H groups in total. The fraction of sp³-hybridized carbons (Fsp3) is 0.357. The van der Waals surface area contributed by atoms with Gasteiger partial charge in [0.1, 0.15) is 0 Å². The molecule has 0 saturated carbocycles. The molecule has 17 heavy (non-hydrogen) atoms.